The van der Waals surface area contributed by atoms with Crippen molar-refractivity contribution in [2.24, 2.45) is 0 Å². The van der Waals surface area contributed by atoms with Gasteiger partial charge in [-0.1, -0.05) is 72.8 Å². The van der Waals surface area contributed by atoms with Crippen molar-refractivity contribution in [3.8, 4) is 5.75 Å². The maximum Gasteiger partial charge on any atom is 0.178 e. The third-order valence-electron chi connectivity index (χ3n) is 9.45. The van der Waals surface area contributed by atoms with Crippen molar-refractivity contribution in [3.05, 3.63) is 107 Å². The van der Waals surface area contributed by atoms with Crippen LogP contribution >= 0.6 is 0 Å². The van der Waals surface area contributed by atoms with Crippen molar-refractivity contribution in [2.45, 2.75) is 37.9 Å². The zero-order chi connectivity index (χ0) is 34.8. The lowest BCUT2D eigenvalue weighted by molar-refractivity contribution is 0.163. The summed E-state index contributed by atoms with van der Waals surface area (Å²) in [4.78, 5) is 9.21. The molecule has 4 aromatic rings. The minimum Gasteiger partial charge on any atom is -0.472 e. The summed E-state index contributed by atoms with van der Waals surface area (Å²) >= 11 is 0. The van der Waals surface area contributed by atoms with Gasteiger partial charge >= 0.3 is 0 Å². The van der Waals surface area contributed by atoms with Gasteiger partial charge in [0.25, 0.3) is 0 Å². The van der Waals surface area contributed by atoms with E-state index < -0.39 is 5.60 Å². The summed E-state index contributed by atoms with van der Waals surface area (Å²) in [5.74, 6) is 0.819. The van der Waals surface area contributed by atoms with Crippen molar-refractivity contribution in [1.82, 2.24) is 14.7 Å². The van der Waals surface area contributed by atoms with Crippen molar-refractivity contribution in [1.29, 1.82) is 0 Å². The Bertz CT molecular complexity index is 1640. The van der Waals surface area contributed by atoms with Crippen LogP contribution in [0.5, 0.6) is 5.75 Å². The van der Waals surface area contributed by atoms with Crippen molar-refractivity contribution in [3.63, 3.8) is 0 Å². The van der Waals surface area contributed by atoms with Gasteiger partial charge in [-0.3, -0.25) is 0 Å². The van der Waals surface area contributed by atoms with Gasteiger partial charge in [0.2, 0.25) is 0 Å². The molecule has 0 spiro atoms. The number of nitrogens with one attached hydrogen (secondary N) is 1. The number of hydrogen-bond donors (Lipinski definition) is 2. The maximum atomic E-state index is 11.1. The number of rotatable bonds is 18. The predicted molar refractivity (Wildman–Crippen MR) is 208 cm³/mol. The quantitative estimate of drug-likeness (QED) is 0.110. The molecule has 0 radical (unpaired) electrons. The highest BCUT2D eigenvalue weighted by Gasteiger charge is 2.39. The molecule has 1 atom stereocenters. The van der Waals surface area contributed by atoms with E-state index in [1.807, 2.05) is 6.07 Å². The van der Waals surface area contributed by atoms with Gasteiger partial charge in [-0.2, -0.15) is 0 Å². The normalized spacial score (nSPS) is 15.6. The summed E-state index contributed by atoms with van der Waals surface area (Å²) in [6, 6.07) is 27.8. The second kappa shape index (κ2) is 17.2. The number of aliphatic hydroxyl groups is 1. The lowest BCUT2D eigenvalue weighted by Crippen LogP contribution is -2.35. The Morgan fingerprint density at radius 3 is 1.82 bits per heavy atom. The second-order valence-electron chi connectivity index (χ2n) is 14.1. The summed E-state index contributed by atoms with van der Waals surface area (Å²) < 4.78 is 7.33. The van der Waals surface area contributed by atoms with Gasteiger partial charge in [0.1, 0.15) is 5.75 Å². The highest BCUT2D eigenvalue weighted by atomic mass is 16.5. The van der Waals surface area contributed by atoms with Gasteiger partial charge in [0, 0.05) is 58.3 Å². The number of anilines is 2. The van der Waals surface area contributed by atoms with Crippen LogP contribution in [0.4, 0.5) is 11.4 Å². The first kappa shape index (κ1) is 36.4. The minimum absolute atomic E-state index is 0.0681. The molecule has 262 valence electrons. The van der Waals surface area contributed by atoms with Crippen LogP contribution in [-0.4, -0.2) is 101 Å². The van der Waals surface area contributed by atoms with Crippen molar-refractivity contribution < 1.29 is 9.84 Å². The molecule has 7 nitrogen and oxygen atoms in total. The van der Waals surface area contributed by atoms with Crippen LogP contribution in [0.25, 0.3) is 16.8 Å². The molecule has 49 heavy (non-hydrogen) atoms. The fourth-order valence-electron chi connectivity index (χ4n) is 6.94. The van der Waals surface area contributed by atoms with Gasteiger partial charge in [0.15, 0.2) is 5.60 Å². The van der Waals surface area contributed by atoms with Crippen LogP contribution in [0.2, 0.25) is 0 Å². The van der Waals surface area contributed by atoms with Crippen LogP contribution < -0.4 is 15.0 Å². The highest BCUT2D eigenvalue weighted by Crippen LogP contribution is 2.49. The minimum atomic E-state index is -0.827. The molecule has 0 fully saturated rings. The third-order valence-corrected chi connectivity index (χ3v) is 9.45. The molecule has 1 aliphatic rings. The number of nitrogens with zero attached hydrogens (tertiary/aromatic N) is 4. The van der Waals surface area contributed by atoms with Crippen molar-refractivity contribution >= 4 is 28.2 Å². The smallest absolute Gasteiger partial charge is 0.178 e. The van der Waals surface area contributed by atoms with Gasteiger partial charge in [-0.05, 0) is 106 Å². The van der Waals surface area contributed by atoms with E-state index in [-0.39, 0.29) is 6.61 Å². The summed E-state index contributed by atoms with van der Waals surface area (Å²) in [5.41, 5.74) is 5.42. The standard InChI is InChI=1S/C42H57N5O2/c1-44(2)27-13-12-26-43-35-22-20-34(21-23-35)42(33-16-8-7-9-17-33)25-24-38-39(32-48)40(36-18-10-11-19-37(36)41(38)49-42)47(30-14-28-45(3)4)31-15-29-46(5)6/h7-11,16-25,43,48H,12-15,26-32H2,1-6H3. The van der Waals surface area contributed by atoms with Crippen LogP contribution in [0.1, 0.15) is 47.9 Å². The molecule has 7 heteroatoms. The van der Waals surface area contributed by atoms with E-state index in [1.54, 1.807) is 0 Å². The molecule has 0 aromatic heterocycles. The Kier molecular flexibility index (Phi) is 12.8. The van der Waals surface area contributed by atoms with Crippen LogP contribution in [0.15, 0.2) is 84.9 Å². The zero-order valence-corrected chi connectivity index (χ0v) is 30.6. The first-order valence-electron chi connectivity index (χ1n) is 17.9. The average Bonchev–Trinajstić information content (AvgIpc) is 3.10. The van der Waals surface area contributed by atoms with E-state index in [4.69, 9.17) is 4.74 Å². The Morgan fingerprint density at radius 1 is 0.633 bits per heavy atom. The number of benzene rings is 4. The van der Waals surface area contributed by atoms with Crippen LogP contribution in [-0.2, 0) is 12.2 Å². The number of fused-ring (bicyclic) bond motifs is 3. The molecule has 2 N–H and O–H groups in total. The fourth-order valence-corrected chi connectivity index (χ4v) is 6.94. The Balaban J connectivity index is 1.56. The van der Waals surface area contributed by atoms with Gasteiger partial charge in [0.05, 0.1) is 12.3 Å². The number of aliphatic hydroxyl groups excluding tert-OH is 1. The Hall–Kier alpha value is -3.88. The fraction of sp³-hybridized carbons (Fsp3) is 0.429. The van der Waals surface area contributed by atoms with E-state index >= 15 is 0 Å². The molecule has 0 amide bonds. The molecular weight excluding hydrogens is 606 g/mol. The lowest BCUT2D eigenvalue weighted by atomic mass is 9.82. The molecule has 5 rings (SSSR count). The second-order valence-corrected chi connectivity index (χ2v) is 14.1. The molecule has 0 bridgehead atoms. The number of ether oxygens (including phenoxy) is 1. The first-order valence-corrected chi connectivity index (χ1v) is 17.9. The third kappa shape index (κ3) is 8.84. The molecule has 4 aromatic carbocycles. The Labute approximate surface area is 294 Å². The molecule has 0 saturated carbocycles. The summed E-state index contributed by atoms with van der Waals surface area (Å²) in [6.45, 7) is 5.82. The van der Waals surface area contributed by atoms with E-state index in [1.165, 1.54) is 6.42 Å². The van der Waals surface area contributed by atoms with E-state index in [9.17, 15) is 5.11 Å². The SMILES string of the molecule is CN(C)CCCCNc1ccc(C2(c3ccccc3)C=Cc3c(CO)c(N(CCCN(C)C)CCCN(C)C)c4ccccc4c3O2)cc1. The monoisotopic (exact) mass is 663 g/mol. The zero-order valence-electron chi connectivity index (χ0n) is 30.6. The maximum absolute atomic E-state index is 11.1. The first-order chi connectivity index (χ1) is 23.7. The summed E-state index contributed by atoms with van der Waals surface area (Å²) in [5, 5.41) is 16.9. The largest absolute Gasteiger partial charge is 0.472 e. The molecule has 1 unspecified atom stereocenters. The lowest BCUT2D eigenvalue weighted by Gasteiger charge is -2.38. The van der Waals surface area contributed by atoms with Gasteiger partial charge < -0.3 is 34.8 Å². The molecule has 0 aliphatic carbocycles. The van der Waals surface area contributed by atoms with E-state index in [0.29, 0.717) is 0 Å². The average molecular weight is 664 g/mol. The topological polar surface area (TPSA) is 54.5 Å². The Morgan fingerprint density at radius 2 is 1.20 bits per heavy atom. The highest BCUT2D eigenvalue weighted by molar-refractivity contribution is 6.03. The molecule has 0 saturated heterocycles. The summed E-state index contributed by atoms with van der Waals surface area (Å²) in [6.07, 6.45) is 8.76. The van der Waals surface area contributed by atoms with Crippen molar-refractivity contribution in [2.75, 3.05) is 91.8 Å². The van der Waals surface area contributed by atoms with E-state index in [0.717, 1.165) is 109 Å². The van der Waals surface area contributed by atoms with Gasteiger partial charge in [-0.25, -0.2) is 0 Å². The number of unbranched alkanes of at least 4 members (excludes halogenated alkanes) is 1. The van der Waals surface area contributed by atoms with Gasteiger partial charge in [-0.15, -0.1) is 0 Å². The van der Waals surface area contributed by atoms with Crippen LogP contribution in [0.3, 0.4) is 0 Å². The van der Waals surface area contributed by atoms with E-state index in [2.05, 4.69) is 152 Å². The van der Waals surface area contributed by atoms with Crippen LogP contribution in [0, 0.1) is 0 Å². The predicted octanol–water partition coefficient (Wildman–Crippen LogP) is 7.15. The summed E-state index contributed by atoms with van der Waals surface area (Å²) in [7, 11) is 12.8. The molecule has 1 aliphatic heterocycles. The molecular formula is C42H57N5O2. The number of hydrogen-bond acceptors (Lipinski definition) is 7. The molecule has 1 heterocycles.